The lowest BCUT2D eigenvalue weighted by Gasteiger charge is -2.30. The molecule has 2 heterocycles. The molecule has 3 N–H and O–H groups in total. The monoisotopic (exact) mass is 358 g/mol. The van der Waals surface area contributed by atoms with E-state index in [1.807, 2.05) is 53.4 Å². The Morgan fingerprint density at radius 2 is 1.81 bits per heavy atom. The van der Waals surface area contributed by atoms with Crippen molar-refractivity contribution < 1.29 is 9.59 Å². The van der Waals surface area contributed by atoms with Gasteiger partial charge in [0, 0.05) is 23.9 Å². The topological polar surface area (TPSA) is 88.3 Å². The van der Waals surface area contributed by atoms with Gasteiger partial charge in [0.15, 0.2) is 5.82 Å². The second-order valence-corrected chi connectivity index (χ2v) is 6.43. The summed E-state index contributed by atoms with van der Waals surface area (Å²) in [6.07, 6.45) is 1.77. The molecule has 4 rings (SSSR count). The molecule has 0 unspecified atom stereocenters. The van der Waals surface area contributed by atoms with E-state index in [2.05, 4.69) is 10.3 Å². The number of carbonyl (C=O) groups excluding carboxylic acids is 2. The SMILES string of the molecule is NC(=O)c1ccc(-c2cnc3c(c2)NC(=O)CN3Cc2ccccc2)cc1. The van der Waals surface area contributed by atoms with Crippen molar-refractivity contribution in [3.05, 3.63) is 78.0 Å². The van der Waals surface area contributed by atoms with Gasteiger partial charge in [0.1, 0.15) is 0 Å². The van der Waals surface area contributed by atoms with Gasteiger partial charge in [0.05, 0.1) is 12.2 Å². The van der Waals surface area contributed by atoms with Crippen LogP contribution in [0.25, 0.3) is 11.1 Å². The van der Waals surface area contributed by atoms with Crippen LogP contribution in [-0.2, 0) is 11.3 Å². The van der Waals surface area contributed by atoms with Gasteiger partial charge < -0.3 is 16.0 Å². The first kappa shape index (κ1) is 16.8. The highest BCUT2D eigenvalue weighted by molar-refractivity contribution is 6.01. The number of rotatable bonds is 4. The van der Waals surface area contributed by atoms with Gasteiger partial charge in [0.25, 0.3) is 0 Å². The maximum atomic E-state index is 12.2. The van der Waals surface area contributed by atoms with Crippen LogP contribution in [0.2, 0.25) is 0 Å². The second-order valence-electron chi connectivity index (χ2n) is 6.43. The van der Waals surface area contributed by atoms with Gasteiger partial charge in [-0.25, -0.2) is 4.98 Å². The fourth-order valence-corrected chi connectivity index (χ4v) is 3.16. The van der Waals surface area contributed by atoms with Crippen molar-refractivity contribution in [1.82, 2.24) is 4.98 Å². The zero-order chi connectivity index (χ0) is 18.8. The Balaban J connectivity index is 1.65. The minimum absolute atomic E-state index is 0.0681. The fourth-order valence-electron chi connectivity index (χ4n) is 3.16. The number of aromatic nitrogens is 1. The molecule has 6 nitrogen and oxygen atoms in total. The van der Waals surface area contributed by atoms with Crippen LogP contribution in [-0.4, -0.2) is 23.3 Å². The Bertz CT molecular complexity index is 1000. The molecular weight excluding hydrogens is 340 g/mol. The van der Waals surface area contributed by atoms with Crippen molar-refractivity contribution in [3.63, 3.8) is 0 Å². The molecule has 2 amide bonds. The smallest absolute Gasteiger partial charge is 0.248 e. The maximum Gasteiger partial charge on any atom is 0.248 e. The number of pyridine rings is 1. The van der Waals surface area contributed by atoms with E-state index in [9.17, 15) is 9.59 Å². The summed E-state index contributed by atoms with van der Waals surface area (Å²) in [5, 5.41) is 2.90. The molecule has 0 fully saturated rings. The highest BCUT2D eigenvalue weighted by Gasteiger charge is 2.23. The van der Waals surface area contributed by atoms with Gasteiger partial charge >= 0.3 is 0 Å². The van der Waals surface area contributed by atoms with E-state index in [0.717, 1.165) is 22.5 Å². The number of nitrogens with two attached hydrogens (primary N) is 1. The van der Waals surface area contributed by atoms with Crippen LogP contribution in [0.4, 0.5) is 11.5 Å². The average Bonchev–Trinajstić information content (AvgIpc) is 2.68. The third-order valence-electron chi connectivity index (χ3n) is 4.49. The summed E-state index contributed by atoms with van der Waals surface area (Å²) in [5.41, 5.74) is 9.28. The van der Waals surface area contributed by atoms with Gasteiger partial charge in [-0.1, -0.05) is 42.5 Å². The number of fused-ring (bicyclic) bond motifs is 1. The lowest BCUT2D eigenvalue weighted by Crippen LogP contribution is -2.38. The van der Waals surface area contributed by atoms with Crippen LogP contribution in [0.5, 0.6) is 0 Å². The Hall–Kier alpha value is -3.67. The molecule has 1 aromatic heterocycles. The van der Waals surface area contributed by atoms with E-state index in [0.29, 0.717) is 17.8 Å². The van der Waals surface area contributed by atoms with Crippen LogP contribution in [0.1, 0.15) is 15.9 Å². The lowest BCUT2D eigenvalue weighted by atomic mass is 10.0. The molecule has 0 saturated carbocycles. The lowest BCUT2D eigenvalue weighted by molar-refractivity contribution is -0.115. The van der Waals surface area contributed by atoms with E-state index < -0.39 is 5.91 Å². The summed E-state index contributed by atoms with van der Waals surface area (Å²) in [6.45, 7) is 0.877. The molecule has 0 atom stereocenters. The first-order valence-electron chi connectivity index (χ1n) is 8.59. The van der Waals surface area contributed by atoms with Crippen molar-refractivity contribution in [2.45, 2.75) is 6.54 Å². The molecule has 27 heavy (non-hydrogen) atoms. The van der Waals surface area contributed by atoms with Crippen LogP contribution in [0, 0.1) is 0 Å². The van der Waals surface area contributed by atoms with Gasteiger partial charge in [-0.15, -0.1) is 0 Å². The first-order chi connectivity index (χ1) is 13.1. The van der Waals surface area contributed by atoms with E-state index >= 15 is 0 Å². The molecular formula is C21H18N4O2. The Morgan fingerprint density at radius 1 is 1.07 bits per heavy atom. The van der Waals surface area contributed by atoms with Crippen molar-refractivity contribution in [1.29, 1.82) is 0 Å². The summed E-state index contributed by atoms with van der Waals surface area (Å²) >= 11 is 0. The number of nitrogens with one attached hydrogen (secondary N) is 1. The van der Waals surface area contributed by atoms with Gasteiger partial charge in [-0.3, -0.25) is 9.59 Å². The average molecular weight is 358 g/mol. The Kier molecular flexibility index (Phi) is 4.30. The minimum Gasteiger partial charge on any atom is -0.366 e. The molecule has 6 heteroatoms. The third-order valence-corrected chi connectivity index (χ3v) is 4.49. The van der Waals surface area contributed by atoms with Crippen molar-refractivity contribution in [3.8, 4) is 11.1 Å². The number of hydrogen-bond donors (Lipinski definition) is 2. The fraction of sp³-hybridized carbons (Fsp3) is 0.0952. The number of nitrogens with zero attached hydrogens (tertiary/aromatic N) is 2. The molecule has 0 saturated heterocycles. The highest BCUT2D eigenvalue weighted by atomic mass is 16.2. The molecule has 3 aromatic rings. The van der Waals surface area contributed by atoms with E-state index in [1.165, 1.54) is 0 Å². The summed E-state index contributed by atoms with van der Waals surface area (Å²) < 4.78 is 0. The quantitative estimate of drug-likeness (QED) is 0.751. The largest absolute Gasteiger partial charge is 0.366 e. The normalized spacial score (nSPS) is 13.0. The van der Waals surface area contributed by atoms with Gasteiger partial charge in [-0.2, -0.15) is 0 Å². The summed E-state index contributed by atoms with van der Waals surface area (Å²) in [5.74, 6) is 0.214. The molecule has 2 aromatic carbocycles. The summed E-state index contributed by atoms with van der Waals surface area (Å²) in [7, 11) is 0. The molecule has 0 aliphatic carbocycles. The molecule has 0 spiro atoms. The molecule has 1 aliphatic heterocycles. The summed E-state index contributed by atoms with van der Waals surface area (Å²) in [4.78, 5) is 29.9. The summed E-state index contributed by atoms with van der Waals surface area (Å²) in [6, 6.07) is 18.9. The van der Waals surface area contributed by atoms with Gasteiger partial charge in [0.2, 0.25) is 11.8 Å². The zero-order valence-corrected chi connectivity index (χ0v) is 14.6. The number of primary amides is 1. The van der Waals surface area contributed by atoms with Crippen molar-refractivity contribution >= 4 is 23.3 Å². The number of carbonyl (C=O) groups is 2. The Labute approximate surface area is 156 Å². The van der Waals surface area contributed by atoms with Crippen LogP contribution < -0.4 is 16.0 Å². The van der Waals surface area contributed by atoms with Crippen LogP contribution in [0.3, 0.4) is 0 Å². The van der Waals surface area contributed by atoms with Gasteiger partial charge in [-0.05, 0) is 29.3 Å². The molecule has 0 radical (unpaired) electrons. The van der Waals surface area contributed by atoms with E-state index in [4.69, 9.17) is 5.73 Å². The molecule has 0 bridgehead atoms. The maximum absolute atomic E-state index is 12.2. The number of benzene rings is 2. The van der Waals surface area contributed by atoms with Crippen LogP contribution >= 0.6 is 0 Å². The van der Waals surface area contributed by atoms with E-state index in [1.54, 1.807) is 18.3 Å². The highest BCUT2D eigenvalue weighted by Crippen LogP contribution is 2.32. The number of anilines is 2. The van der Waals surface area contributed by atoms with Crippen LogP contribution in [0.15, 0.2) is 66.9 Å². The number of amides is 2. The molecule has 1 aliphatic rings. The first-order valence-corrected chi connectivity index (χ1v) is 8.59. The van der Waals surface area contributed by atoms with Crippen molar-refractivity contribution in [2.24, 2.45) is 5.73 Å². The predicted molar refractivity (Wildman–Crippen MR) is 104 cm³/mol. The van der Waals surface area contributed by atoms with Crippen molar-refractivity contribution in [2.75, 3.05) is 16.8 Å². The Morgan fingerprint density at radius 3 is 2.52 bits per heavy atom. The predicted octanol–water partition coefficient (Wildman–Crippen LogP) is 2.81. The standard InChI is InChI=1S/C21H18N4O2/c22-20(27)16-8-6-15(7-9-16)17-10-18-21(23-11-17)25(13-19(26)24-18)12-14-4-2-1-3-5-14/h1-11H,12-13H2,(H2,22,27)(H,24,26). The number of hydrogen-bond acceptors (Lipinski definition) is 4. The second kappa shape index (κ2) is 6.92. The van der Waals surface area contributed by atoms with E-state index in [-0.39, 0.29) is 12.5 Å². The minimum atomic E-state index is -0.464. The molecule has 134 valence electrons. The zero-order valence-electron chi connectivity index (χ0n) is 14.6. The third kappa shape index (κ3) is 3.50.